The van der Waals surface area contributed by atoms with E-state index in [9.17, 15) is 0 Å². The molecule has 0 aliphatic carbocycles. The average Bonchev–Trinajstić information content (AvgIpc) is 2.95. The summed E-state index contributed by atoms with van der Waals surface area (Å²) in [5.41, 5.74) is 6.78. The molecule has 2 aromatic rings. The summed E-state index contributed by atoms with van der Waals surface area (Å²) in [6.45, 7) is 5.15. The van der Waals surface area contributed by atoms with Crippen molar-refractivity contribution in [2.45, 2.75) is 51.7 Å². The van der Waals surface area contributed by atoms with E-state index in [-0.39, 0.29) is 0 Å². The zero-order valence-electron chi connectivity index (χ0n) is 13.1. The van der Waals surface area contributed by atoms with Crippen LogP contribution in [0.4, 0.5) is 5.95 Å². The molecule has 118 valence electrons. The number of piperidine rings is 1. The molecule has 0 amide bonds. The second kappa shape index (κ2) is 6.87. The molecule has 0 spiro atoms. The van der Waals surface area contributed by atoms with Gasteiger partial charge in [0.05, 0.1) is 18.3 Å². The molecule has 1 aliphatic heterocycles. The molecule has 0 saturated carbocycles. The zero-order chi connectivity index (χ0) is 15.4. The predicted molar refractivity (Wildman–Crippen MR) is 86.0 cm³/mol. The van der Waals surface area contributed by atoms with Crippen LogP contribution < -0.4 is 5.73 Å². The van der Waals surface area contributed by atoms with Gasteiger partial charge in [-0.2, -0.15) is 0 Å². The van der Waals surface area contributed by atoms with E-state index in [0.717, 1.165) is 44.0 Å². The number of hydrogen-bond acceptors (Lipinski definition) is 5. The lowest BCUT2D eigenvalue weighted by molar-refractivity contribution is 0.132. The van der Waals surface area contributed by atoms with Crippen molar-refractivity contribution in [3.05, 3.63) is 36.2 Å². The topological polar surface area (TPSA) is 72.9 Å². The molecule has 1 saturated heterocycles. The second-order valence-electron chi connectivity index (χ2n) is 5.86. The normalized spacial score (nSPS) is 19.4. The number of aromatic nitrogens is 4. The van der Waals surface area contributed by atoms with Crippen LogP contribution in [0.25, 0.3) is 0 Å². The van der Waals surface area contributed by atoms with Crippen LogP contribution in [0.2, 0.25) is 0 Å². The summed E-state index contributed by atoms with van der Waals surface area (Å²) in [6.07, 6.45) is 10.4. The molecule has 0 bridgehead atoms. The van der Waals surface area contributed by atoms with E-state index in [2.05, 4.69) is 37.5 Å². The van der Waals surface area contributed by atoms with E-state index in [1.807, 2.05) is 12.3 Å². The highest BCUT2D eigenvalue weighted by molar-refractivity contribution is 5.20. The van der Waals surface area contributed by atoms with E-state index < -0.39 is 0 Å². The minimum absolute atomic E-state index is 0.311. The Bertz CT molecular complexity index is 608. The van der Waals surface area contributed by atoms with Crippen molar-refractivity contribution in [2.75, 3.05) is 12.3 Å². The maximum atomic E-state index is 5.75. The number of aryl methyl sites for hydroxylation is 1. The lowest BCUT2D eigenvalue weighted by atomic mass is 9.99. The maximum Gasteiger partial charge on any atom is 0.220 e. The Balaban J connectivity index is 1.79. The maximum absolute atomic E-state index is 5.75. The third kappa shape index (κ3) is 3.27. The van der Waals surface area contributed by atoms with Gasteiger partial charge in [0, 0.05) is 25.1 Å². The van der Waals surface area contributed by atoms with E-state index in [4.69, 9.17) is 5.73 Å². The van der Waals surface area contributed by atoms with Crippen LogP contribution in [0.3, 0.4) is 0 Å². The minimum atomic E-state index is 0.311. The Morgan fingerprint density at radius 1 is 1.27 bits per heavy atom. The molecule has 6 heteroatoms. The van der Waals surface area contributed by atoms with Crippen LogP contribution in [0.15, 0.2) is 24.7 Å². The Labute approximate surface area is 131 Å². The summed E-state index contributed by atoms with van der Waals surface area (Å²) < 4.78 is 2.25. The average molecular weight is 300 g/mol. The van der Waals surface area contributed by atoms with Gasteiger partial charge in [0.2, 0.25) is 5.95 Å². The van der Waals surface area contributed by atoms with Gasteiger partial charge in [0.15, 0.2) is 0 Å². The number of rotatable bonds is 5. The lowest BCUT2D eigenvalue weighted by Crippen LogP contribution is -2.34. The molecule has 6 nitrogen and oxygen atoms in total. The molecule has 2 N–H and O–H groups in total. The van der Waals surface area contributed by atoms with Crippen LogP contribution in [0.5, 0.6) is 0 Å². The highest BCUT2D eigenvalue weighted by Gasteiger charge is 2.26. The lowest BCUT2D eigenvalue weighted by Gasteiger charge is -2.35. The van der Waals surface area contributed by atoms with Crippen molar-refractivity contribution in [1.82, 2.24) is 24.4 Å². The second-order valence-corrected chi connectivity index (χ2v) is 5.86. The van der Waals surface area contributed by atoms with Crippen LogP contribution in [-0.2, 0) is 13.1 Å². The zero-order valence-corrected chi connectivity index (χ0v) is 13.1. The number of imidazole rings is 1. The van der Waals surface area contributed by atoms with E-state index in [1.165, 1.54) is 12.8 Å². The van der Waals surface area contributed by atoms with Crippen molar-refractivity contribution in [1.29, 1.82) is 0 Å². The number of anilines is 1. The molecule has 1 unspecified atom stereocenters. The first-order valence-electron chi connectivity index (χ1n) is 8.10. The molecule has 3 rings (SSSR count). The van der Waals surface area contributed by atoms with Crippen LogP contribution in [-0.4, -0.2) is 31.0 Å². The van der Waals surface area contributed by atoms with Gasteiger partial charge in [-0.25, -0.2) is 15.0 Å². The van der Waals surface area contributed by atoms with E-state index in [0.29, 0.717) is 12.0 Å². The number of hydrogen-bond donors (Lipinski definition) is 1. The number of nitrogens with zero attached hydrogens (tertiary/aromatic N) is 5. The largest absolute Gasteiger partial charge is 0.368 e. The Kier molecular flexibility index (Phi) is 4.68. The number of nitrogens with two attached hydrogens (primary N) is 1. The van der Waals surface area contributed by atoms with Crippen LogP contribution in [0.1, 0.15) is 50.2 Å². The molecule has 0 aromatic carbocycles. The van der Waals surface area contributed by atoms with Gasteiger partial charge in [0.1, 0.15) is 5.82 Å². The number of nitrogen functional groups attached to an aromatic ring is 1. The standard InChI is InChI=1S/C16H24N6/c1-2-9-21-11-8-18-15(21)12-22-10-4-3-5-14(22)13-6-7-19-16(17)20-13/h6-8,11,14H,2-5,9-10,12H2,1H3,(H2,17,19,20). The fourth-order valence-electron chi connectivity index (χ4n) is 3.21. The van der Waals surface area contributed by atoms with Gasteiger partial charge in [-0.05, 0) is 31.9 Å². The van der Waals surface area contributed by atoms with Gasteiger partial charge in [-0.3, -0.25) is 4.90 Å². The Morgan fingerprint density at radius 3 is 3.00 bits per heavy atom. The summed E-state index contributed by atoms with van der Waals surface area (Å²) in [7, 11) is 0. The summed E-state index contributed by atoms with van der Waals surface area (Å²) in [4.78, 5) is 15.4. The minimum Gasteiger partial charge on any atom is -0.368 e. The summed E-state index contributed by atoms with van der Waals surface area (Å²) in [5.74, 6) is 1.49. The van der Waals surface area contributed by atoms with Gasteiger partial charge in [-0.1, -0.05) is 13.3 Å². The number of likely N-dealkylation sites (tertiary alicyclic amines) is 1. The molecule has 2 aromatic heterocycles. The monoisotopic (exact) mass is 300 g/mol. The summed E-state index contributed by atoms with van der Waals surface area (Å²) in [6, 6.07) is 2.29. The predicted octanol–water partition coefficient (Wildman–Crippen LogP) is 2.39. The first kappa shape index (κ1) is 15.0. The van der Waals surface area contributed by atoms with Crippen molar-refractivity contribution in [3.63, 3.8) is 0 Å². The van der Waals surface area contributed by atoms with Crippen molar-refractivity contribution in [2.24, 2.45) is 0 Å². The van der Waals surface area contributed by atoms with Crippen molar-refractivity contribution < 1.29 is 0 Å². The molecular weight excluding hydrogens is 276 g/mol. The highest BCUT2D eigenvalue weighted by atomic mass is 15.2. The third-order valence-corrected chi connectivity index (χ3v) is 4.26. The quantitative estimate of drug-likeness (QED) is 0.918. The van der Waals surface area contributed by atoms with Gasteiger partial charge in [0.25, 0.3) is 0 Å². The summed E-state index contributed by atoms with van der Waals surface area (Å²) >= 11 is 0. The SMILES string of the molecule is CCCn1ccnc1CN1CCCCC1c1ccnc(N)n1. The Morgan fingerprint density at radius 2 is 2.18 bits per heavy atom. The Hall–Kier alpha value is -1.95. The highest BCUT2D eigenvalue weighted by Crippen LogP contribution is 2.30. The van der Waals surface area contributed by atoms with E-state index in [1.54, 1.807) is 6.20 Å². The fraction of sp³-hybridized carbons (Fsp3) is 0.562. The molecule has 0 radical (unpaired) electrons. The smallest absolute Gasteiger partial charge is 0.220 e. The van der Waals surface area contributed by atoms with Crippen LogP contribution >= 0.6 is 0 Å². The molecular formula is C16H24N6. The van der Waals surface area contributed by atoms with Crippen molar-refractivity contribution in [3.8, 4) is 0 Å². The van der Waals surface area contributed by atoms with E-state index >= 15 is 0 Å². The van der Waals surface area contributed by atoms with Crippen molar-refractivity contribution >= 4 is 5.95 Å². The van der Waals surface area contributed by atoms with Gasteiger partial charge in [-0.15, -0.1) is 0 Å². The molecule has 1 atom stereocenters. The molecule has 3 heterocycles. The van der Waals surface area contributed by atoms with Crippen LogP contribution in [0, 0.1) is 0 Å². The first-order valence-corrected chi connectivity index (χ1v) is 8.10. The van der Waals surface area contributed by atoms with Gasteiger partial charge >= 0.3 is 0 Å². The van der Waals surface area contributed by atoms with Gasteiger partial charge < -0.3 is 10.3 Å². The fourth-order valence-corrected chi connectivity index (χ4v) is 3.21. The molecule has 1 aliphatic rings. The first-order chi connectivity index (χ1) is 10.8. The molecule has 22 heavy (non-hydrogen) atoms. The third-order valence-electron chi connectivity index (χ3n) is 4.26. The summed E-state index contributed by atoms with van der Waals surface area (Å²) in [5, 5.41) is 0. The molecule has 1 fully saturated rings.